The Balaban J connectivity index is 3.07. The molecule has 0 aliphatic rings. The van der Waals surface area contributed by atoms with Gasteiger partial charge in [-0.1, -0.05) is 77.6 Å². The second-order valence-corrected chi connectivity index (χ2v) is 7.45. The zero-order valence-corrected chi connectivity index (χ0v) is 15.5. The monoisotopic (exact) mass is 334 g/mol. The number of thiol groups is 2. The second-order valence-electron chi connectivity index (χ2n) is 5.79. The summed E-state index contributed by atoms with van der Waals surface area (Å²) in [6.45, 7) is 2.81. The minimum Gasteiger partial charge on any atom is -0.466 e. The van der Waals surface area contributed by atoms with Crippen LogP contribution in [0.1, 0.15) is 90.4 Å². The fourth-order valence-corrected chi connectivity index (χ4v) is 2.64. The number of rotatable bonds is 15. The molecule has 0 saturated carbocycles. The van der Waals surface area contributed by atoms with Gasteiger partial charge in [0.15, 0.2) is 0 Å². The van der Waals surface area contributed by atoms with E-state index in [1.807, 2.05) is 0 Å². The fraction of sp³-hybridized carbons (Fsp3) is 0.941. The zero-order valence-electron chi connectivity index (χ0n) is 13.7. The highest BCUT2D eigenvalue weighted by Gasteiger charge is 2.06. The van der Waals surface area contributed by atoms with E-state index in [2.05, 4.69) is 32.2 Å². The summed E-state index contributed by atoms with van der Waals surface area (Å²) in [5.74, 6) is -0.187. The van der Waals surface area contributed by atoms with Crippen LogP contribution in [0.3, 0.4) is 0 Å². The summed E-state index contributed by atoms with van der Waals surface area (Å²) in [4.78, 5) is 11.2. The van der Waals surface area contributed by atoms with Crippen LogP contribution in [0.25, 0.3) is 0 Å². The molecule has 0 aliphatic heterocycles. The molecule has 0 saturated heterocycles. The normalized spacial score (nSPS) is 11.0. The number of carbonyl (C=O) groups excluding carboxylic acids is 1. The molecule has 2 nitrogen and oxygen atoms in total. The van der Waals surface area contributed by atoms with Crippen LogP contribution in [-0.2, 0) is 9.53 Å². The summed E-state index contributed by atoms with van der Waals surface area (Å²) in [6, 6.07) is 0. The summed E-state index contributed by atoms with van der Waals surface area (Å²) in [5.41, 5.74) is 0. The van der Waals surface area contributed by atoms with Gasteiger partial charge in [0, 0.05) is 0 Å². The number of hydrogen-bond acceptors (Lipinski definition) is 4. The van der Waals surface area contributed by atoms with Crippen molar-refractivity contribution in [3.8, 4) is 0 Å². The Morgan fingerprint density at radius 1 is 0.810 bits per heavy atom. The molecule has 4 heteroatoms. The Bertz CT molecular complexity index is 233. The van der Waals surface area contributed by atoms with E-state index in [0.717, 1.165) is 12.8 Å². The summed E-state index contributed by atoms with van der Waals surface area (Å²) < 4.78 is 4.90. The highest BCUT2D eigenvalue weighted by atomic mass is 32.2. The van der Waals surface area contributed by atoms with Crippen molar-refractivity contribution in [2.45, 2.75) is 95.0 Å². The van der Waals surface area contributed by atoms with E-state index in [4.69, 9.17) is 4.74 Å². The highest BCUT2D eigenvalue weighted by molar-refractivity contribution is 7.99. The first-order valence-corrected chi connectivity index (χ1v) is 9.72. The van der Waals surface area contributed by atoms with Gasteiger partial charge >= 0.3 is 5.97 Å². The van der Waals surface area contributed by atoms with Crippen LogP contribution in [-0.4, -0.2) is 17.2 Å². The van der Waals surface area contributed by atoms with Crippen molar-refractivity contribution in [2.75, 3.05) is 6.61 Å². The van der Waals surface area contributed by atoms with E-state index in [1.165, 1.54) is 64.2 Å². The lowest BCUT2D eigenvalue weighted by Gasteiger charge is -2.06. The number of ether oxygens (including phenoxy) is 1. The van der Waals surface area contributed by atoms with Crippen LogP contribution in [0.4, 0.5) is 0 Å². The third-order valence-electron chi connectivity index (χ3n) is 3.61. The van der Waals surface area contributed by atoms with Crippen LogP contribution < -0.4 is 0 Å². The molecule has 126 valence electrons. The van der Waals surface area contributed by atoms with Gasteiger partial charge in [0.25, 0.3) is 0 Å². The third-order valence-corrected chi connectivity index (χ3v) is 3.98. The quantitative estimate of drug-likeness (QED) is 0.171. The van der Waals surface area contributed by atoms with Crippen LogP contribution in [0.15, 0.2) is 0 Å². The molecule has 0 aromatic carbocycles. The van der Waals surface area contributed by atoms with Crippen molar-refractivity contribution in [3.63, 3.8) is 0 Å². The number of carbonyl (C=O) groups is 1. The maximum absolute atomic E-state index is 11.2. The first kappa shape index (κ1) is 21.2. The van der Waals surface area contributed by atoms with Gasteiger partial charge in [0.1, 0.15) is 0 Å². The molecule has 0 unspecified atom stereocenters. The van der Waals surface area contributed by atoms with E-state index in [1.54, 1.807) is 0 Å². The third kappa shape index (κ3) is 18.1. The Morgan fingerprint density at radius 2 is 1.24 bits per heavy atom. The van der Waals surface area contributed by atoms with E-state index < -0.39 is 0 Å². The Hall–Kier alpha value is 0.170. The summed E-state index contributed by atoms with van der Waals surface area (Å²) >= 11 is 8.09. The van der Waals surface area contributed by atoms with Gasteiger partial charge in [-0.25, -0.2) is 0 Å². The average Bonchev–Trinajstić information content (AvgIpc) is 2.43. The minimum atomic E-state index is -0.209. The molecule has 0 aliphatic carbocycles. The number of hydrogen-bond donors (Lipinski definition) is 2. The van der Waals surface area contributed by atoms with Gasteiger partial charge in [0.2, 0.25) is 0 Å². The lowest BCUT2D eigenvalue weighted by molar-refractivity contribution is -0.143. The molecule has 0 bridgehead atoms. The Labute approximate surface area is 142 Å². The lowest BCUT2D eigenvalue weighted by atomic mass is 10.1. The van der Waals surface area contributed by atoms with Crippen LogP contribution in [0, 0.1) is 0 Å². The lowest BCUT2D eigenvalue weighted by Crippen LogP contribution is -2.09. The molecule has 0 aromatic rings. The van der Waals surface area contributed by atoms with Gasteiger partial charge in [-0.3, -0.25) is 4.79 Å². The van der Waals surface area contributed by atoms with Gasteiger partial charge in [-0.05, 0) is 6.42 Å². The van der Waals surface area contributed by atoms with Crippen molar-refractivity contribution in [1.82, 2.24) is 0 Å². The molecule has 0 N–H and O–H groups in total. The number of unbranched alkanes of at least 4 members (excludes halogenated alkanes) is 11. The van der Waals surface area contributed by atoms with E-state index >= 15 is 0 Å². The van der Waals surface area contributed by atoms with E-state index in [9.17, 15) is 4.79 Å². The zero-order chi connectivity index (χ0) is 15.8. The van der Waals surface area contributed by atoms with Gasteiger partial charge in [0.05, 0.1) is 17.6 Å². The van der Waals surface area contributed by atoms with Crippen molar-refractivity contribution < 1.29 is 9.53 Å². The van der Waals surface area contributed by atoms with Gasteiger partial charge < -0.3 is 4.74 Å². The molecule has 0 fully saturated rings. The smallest absolute Gasteiger partial charge is 0.307 e. The molecule has 0 aromatic heterocycles. The maximum atomic E-state index is 11.2. The Kier molecular flexibility index (Phi) is 16.7. The van der Waals surface area contributed by atoms with Crippen molar-refractivity contribution in [3.05, 3.63) is 0 Å². The van der Waals surface area contributed by atoms with E-state index in [-0.39, 0.29) is 17.0 Å². The SMILES string of the molecule is CCCCCCCCCCCCCCOC(=O)CC(S)S. The first-order valence-electron chi connectivity index (χ1n) is 8.68. The molecule has 0 radical (unpaired) electrons. The predicted octanol–water partition coefficient (Wildman–Crippen LogP) is 5.81. The molecule has 0 rings (SSSR count). The molecular weight excluding hydrogens is 300 g/mol. The average molecular weight is 335 g/mol. The summed E-state index contributed by atoms with van der Waals surface area (Å²) in [7, 11) is 0. The van der Waals surface area contributed by atoms with Gasteiger partial charge in [-0.2, -0.15) is 25.3 Å². The van der Waals surface area contributed by atoms with Crippen LogP contribution in [0.5, 0.6) is 0 Å². The van der Waals surface area contributed by atoms with Crippen molar-refractivity contribution in [2.24, 2.45) is 0 Å². The fourth-order valence-electron chi connectivity index (χ4n) is 2.34. The largest absolute Gasteiger partial charge is 0.466 e. The van der Waals surface area contributed by atoms with Crippen molar-refractivity contribution in [1.29, 1.82) is 0 Å². The summed E-state index contributed by atoms with van der Waals surface area (Å²) in [5, 5.41) is 0. The molecule has 0 heterocycles. The first-order chi connectivity index (χ1) is 10.2. The standard InChI is InChI=1S/C17H34O2S2/c1-2-3-4-5-6-7-8-9-10-11-12-13-14-19-16(18)15-17(20)21/h17,20-21H,2-15H2,1H3. The van der Waals surface area contributed by atoms with Crippen molar-refractivity contribution >= 4 is 31.2 Å². The molecule has 0 amide bonds. The highest BCUT2D eigenvalue weighted by Crippen LogP contribution is 2.12. The molecule has 0 spiro atoms. The van der Waals surface area contributed by atoms with Gasteiger partial charge in [-0.15, -0.1) is 0 Å². The second kappa shape index (κ2) is 16.5. The molecular formula is C17H34O2S2. The maximum Gasteiger partial charge on any atom is 0.307 e. The topological polar surface area (TPSA) is 26.3 Å². The number of esters is 1. The molecule has 21 heavy (non-hydrogen) atoms. The minimum absolute atomic E-state index is 0.187. The molecule has 0 atom stereocenters. The van der Waals surface area contributed by atoms with Crippen LogP contribution in [0.2, 0.25) is 0 Å². The van der Waals surface area contributed by atoms with E-state index in [0.29, 0.717) is 6.61 Å². The summed E-state index contributed by atoms with van der Waals surface area (Å²) in [6.07, 6.45) is 16.1. The van der Waals surface area contributed by atoms with Crippen LogP contribution >= 0.6 is 25.3 Å². The predicted molar refractivity (Wildman–Crippen MR) is 98.4 cm³/mol. The Morgan fingerprint density at radius 3 is 1.67 bits per heavy atom.